The zero-order chi connectivity index (χ0) is 22.7. The second-order valence-corrected chi connectivity index (χ2v) is 7.99. The smallest absolute Gasteiger partial charge is 0.229 e. The van der Waals surface area contributed by atoms with Gasteiger partial charge in [0.25, 0.3) is 0 Å². The molecule has 2 heterocycles. The number of aryl methyl sites for hydroxylation is 1. The summed E-state index contributed by atoms with van der Waals surface area (Å²) in [6, 6.07) is 18.7. The van der Waals surface area contributed by atoms with E-state index in [1.807, 2.05) is 86.6 Å². The lowest BCUT2D eigenvalue weighted by molar-refractivity contribution is -0.122. The Kier molecular flexibility index (Phi) is 6.02. The summed E-state index contributed by atoms with van der Waals surface area (Å²) >= 11 is 0. The van der Waals surface area contributed by atoms with Gasteiger partial charge >= 0.3 is 0 Å². The van der Waals surface area contributed by atoms with Gasteiger partial charge in [0.15, 0.2) is 0 Å². The first-order valence-electron chi connectivity index (χ1n) is 10.5. The van der Waals surface area contributed by atoms with Gasteiger partial charge in [-0.3, -0.25) is 9.59 Å². The van der Waals surface area contributed by atoms with E-state index in [0.29, 0.717) is 23.9 Å². The monoisotopic (exact) mass is 430 g/mol. The molecular formula is C24H26N6O2. The Labute approximate surface area is 187 Å². The number of carbonyl (C=O) groups excluding carboxylic acids is 2. The van der Waals surface area contributed by atoms with Crippen molar-refractivity contribution < 1.29 is 9.59 Å². The Bertz CT molecular complexity index is 1120. The van der Waals surface area contributed by atoms with Crippen LogP contribution in [-0.2, 0) is 9.59 Å². The first-order chi connectivity index (χ1) is 15.4. The lowest BCUT2D eigenvalue weighted by Gasteiger charge is -2.16. The van der Waals surface area contributed by atoms with Crippen molar-refractivity contribution in [1.82, 2.24) is 9.97 Å². The molecule has 164 valence electrons. The number of amides is 2. The van der Waals surface area contributed by atoms with Crippen molar-refractivity contribution in [2.45, 2.75) is 13.3 Å². The Hall–Kier alpha value is -3.94. The minimum absolute atomic E-state index is 0.0341. The van der Waals surface area contributed by atoms with Crippen LogP contribution in [0.4, 0.5) is 28.7 Å². The van der Waals surface area contributed by atoms with E-state index in [9.17, 15) is 9.59 Å². The third-order valence-corrected chi connectivity index (χ3v) is 5.27. The maximum Gasteiger partial charge on any atom is 0.229 e. The highest BCUT2D eigenvalue weighted by Gasteiger charge is 2.35. The summed E-state index contributed by atoms with van der Waals surface area (Å²) in [5.74, 6) is 1.63. The summed E-state index contributed by atoms with van der Waals surface area (Å²) in [7, 11) is 3.86. The maximum absolute atomic E-state index is 12.7. The number of aromatic nitrogens is 2. The molecule has 8 nitrogen and oxygen atoms in total. The topological polar surface area (TPSA) is 90.5 Å². The fraction of sp³-hybridized carbons (Fsp3) is 0.250. The maximum atomic E-state index is 12.7. The molecule has 0 bridgehead atoms. The van der Waals surface area contributed by atoms with Crippen LogP contribution >= 0.6 is 0 Å². The predicted octanol–water partition coefficient (Wildman–Crippen LogP) is 3.59. The molecular weight excluding hydrogens is 404 g/mol. The van der Waals surface area contributed by atoms with Gasteiger partial charge in [0.2, 0.25) is 11.8 Å². The average molecular weight is 431 g/mol. The lowest BCUT2D eigenvalue weighted by atomic mass is 10.1. The number of nitrogens with zero attached hydrogens (tertiary/aromatic N) is 4. The van der Waals surface area contributed by atoms with Crippen LogP contribution < -0.4 is 20.4 Å². The van der Waals surface area contributed by atoms with E-state index in [0.717, 1.165) is 17.2 Å². The van der Waals surface area contributed by atoms with Gasteiger partial charge < -0.3 is 20.4 Å². The summed E-state index contributed by atoms with van der Waals surface area (Å²) in [5.41, 5.74) is 2.34. The first kappa shape index (κ1) is 21.3. The SMILES string of the molecule is Cc1nc(Nc2ccc(NC(=O)C3CC(=O)N(c4ccccc4)C3)cc2)cc(N(C)C)n1. The van der Waals surface area contributed by atoms with Crippen molar-refractivity contribution in [2.75, 3.05) is 41.1 Å². The second kappa shape index (κ2) is 9.05. The molecule has 0 aliphatic carbocycles. The molecule has 2 N–H and O–H groups in total. The fourth-order valence-electron chi connectivity index (χ4n) is 3.61. The van der Waals surface area contributed by atoms with Crippen LogP contribution in [0.5, 0.6) is 0 Å². The summed E-state index contributed by atoms with van der Waals surface area (Å²) in [5, 5.41) is 6.19. The van der Waals surface area contributed by atoms with Gasteiger partial charge in [0, 0.05) is 50.2 Å². The average Bonchev–Trinajstić information content (AvgIpc) is 3.17. The molecule has 3 aromatic rings. The van der Waals surface area contributed by atoms with Crippen molar-refractivity contribution in [3.05, 3.63) is 66.5 Å². The van der Waals surface area contributed by atoms with Crippen LogP contribution in [0.3, 0.4) is 0 Å². The molecule has 1 unspecified atom stereocenters. The van der Waals surface area contributed by atoms with Crippen LogP contribution in [0.25, 0.3) is 0 Å². The molecule has 1 aromatic heterocycles. The van der Waals surface area contributed by atoms with Gasteiger partial charge in [0.1, 0.15) is 17.5 Å². The van der Waals surface area contributed by atoms with Crippen LogP contribution in [0.2, 0.25) is 0 Å². The molecule has 1 atom stereocenters. The number of carbonyl (C=O) groups is 2. The standard InChI is InChI=1S/C24H26N6O2/c1-16-25-21(14-22(26-16)29(2)3)27-18-9-11-19(12-10-18)28-24(32)17-13-23(31)30(15-17)20-7-5-4-6-8-20/h4-12,14,17H,13,15H2,1-3H3,(H,28,32)(H,25,26,27). The van der Waals surface area contributed by atoms with E-state index in [2.05, 4.69) is 20.6 Å². The van der Waals surface area contributed by atoms with E-state index < -0.39 is 0 Å². The first-order valence-corrected chi connectivity index (χ1v) is 10.5. The van der Waals surface area contributed by atoms with E-state index in [-0.39, 0.29) is 24.2 Å². The Morgan fingerprint density at radius 1 is 1.03 bits per heavy atom. The zero-order valence-electron chi connectivity index (χ0n) is 18.4. The largest absolute Gasteiger partial charge is 0.363 e. The minimum Gasteiger partial charge on any atom is -0.363 e. The van der Waals surface area contributed by atoms with Crippen molar-refractivity contribution in [2.24, 2.45) is 5.92 Å². The predicted molar refractivity (Wildman–Crippen MR) is 126 cm³/mol. The zero-order valence-corrected chi connectivity index (χ0v) is 18.4. The summed E-state index contributed by atoms with van der Waals surface area (Å²) in [6.45, 7) is 2.24. The van der Waals surface area contributed by atoms with Crippen LogP contribution in [0, 0.1) is 12.8 Å². The highest BCUT2D eigenvalue weighted by molar-refractivity contribution is 6.03. The number of benzene rings is 2. The fourth-order valence-corrected chi connectivity index (χ4v) is 3.61. The van der Waals surface area contributed by atoms with Gasteiger partial charge in [-0.05, 0) is 43.3 Å². The molecule has 8 heteroatoms. The number of anilines is 5. The van der Waals surface area contributed by atoms with E-state index in [1.165, 1.54) is 0 Å². The third kappa shape index (κ3) is 4.85. The number of para-hydroxylation sites is 1. The van der Waals surface area contributed by atoms with E-state index in [1.54, 1.807) is 4.90 Å². The molecule has 1 aliphatic heterocycles. The highest BCUT2D eigenvalue weighted by atomic mass is 16.2. The van der Waals surface area contributed by atoms with Gasteiger partial charge in [0.05, 0.1) is 5.92 Å². The molecule has 1 aliphatic rings. The normalized spacial score (nSPS) is 15.5. The molecule has 0 spiro atoms. The molecule has 1 fully saturated rings. The summed E-state index contributed by atoms with van der Waals surface area (Å²) in [6.07, 6.45) is 0.210. The molecule has 0 radical (unpaired) electrons. The molecule has 32 heavy (non-hydrogen) atoms. The van der Waals surface area contributed by atoms with Gasteiger partial charge in [-0.15, -0.1) is 0 Å². The van der Waals surface area contributed by atoms with Gasteiger partial charge in [-0.2, -0.15) is 0 Å². The van der Waals surface area contributed by atoms with Crippen LogP contribution in [0.1, 0.15) is 12.2 Å². The van der Waals surface area contributed by atoms with Crippen LogP contribution in [0.15, 0.2) is 60.7 Å². The summed E-state index contributed by atoms with van der Waals surface area (Å²) in [4.78, 5) is 37.5. The Morgan fingerprint density at radius 3 is 2.41 bits per heavy atom. The summed E-state index contributed by atoms with van der Waals surface area (Å²) < 4.78 is 0. The van der Waals surface area contributed by atoms with Crippen molar-refractivity contribution in [1.29, 1.82) is 0 Å². The molecule has 0 saturated carbocycles. The molecule has 1 saturated heterocycles. The molecule has 4 rings (SSSR count). The van der Waals surface area contributed by atoms with Crippen molar-refractivity contribution in [3.8, 4) is 0 Å². The van der Waals surface area contributed by atoms with Gasteiger partial charge in [-0.1, -0.05) is 18.2 Å². The van der Waals surface area contributed by atoms with E-state index >= 15 is 0 Å². The highest BCUT2D eigenvalue weighted by Crippen LogP contribution is 2.26. The van der Waals surface area contributed by atoms with E-state index in [4.69, 9.17) is 0 Å². The number of nitrogens with one attached hydrogen (secondary N) is 2. The Balaban J connectivity index is 1.38. The molecule has 2 amide bonds. The van der Waals surface area contributed by atoms with Crippen molar-refractivity contribution >= 4 is 40.5 Å². The number of hydrogen-bond donors (Lipinski definition) is 2. The molecule has 2 aromatic carbocycles. The number of hydrogen-bond acceptors (Lipinski definition) is 6. The Morgan fingerprint density at radius 2 is 1.72 bits per heavy atom. The quantitative estimate of drug-likeness (QED) is 0.621. The lowest BCUT2D eigenvalue weighted by Crippen LogP contribution is -2.28. The van der Waals surface area contributed by atoms with Gasteiger partial charge in [-0.25, -0.2) is 9.97 Å². The minimum atomic E-state index is -0.381. The van der Waals surface area contributed by atoms with Crippen LogP contribution in [-0.4, -0.2) is 42.4 Å². The third-order valence-electron chi connectivity index (χ3n) is 5.27. The second-order valence-electron chi connectivity index (χ2n) is 7.99. The number of rotatable bonds is 6. The van der Waals surface area contributed by atoms with Crippen molar-refractivity contribution in [3.63, 3.8) is 0 Å².